The number of hydrazine groups is 1. The fourth-order valence-electron chi connectivity index (χ4n) is 3.59. The van der Waals surface area contributed by atoms with Crippen LogP contribution < -0.4 is 14.9 Å². The quantitative estimate of drug-likeness (QED) is 0.670. The summed E-state index contributed by atoms with van der Waals surface area (Å²) < 4.78 is 10.7. The van der Waals surface area contributed by atoms with Gasteiger partial charge < -0.3 is 14.6 Å². The number of methoxy groups -OCH3 is 2. The molecule has 2 aliphatic heterocycles. The number of carbonyl (C=O) groups is 1. The molecule has 8 heteroatoms. The molecule has 0 bridgehead atoms. The Labute approximate surface area is 176 Å². The van der Waals surface area contributed by atoms with Crippen molar-refractivity contribution in [2.45, 2.75) is 17.0 Å². The number of hydrogen-bond acceptors (Lipinski definition) is 6. The van der Waals surface area contributed by atoms with Gasteiger partial charge in [0.25, 0.3) is 0 Å². The highest BCUT2D eigenvalue weighted by Crippen LogP contribution is 2.41. The van der Waals surface area contributed by atoms with Gasteiger partial charge in [-0.3, -0.25) is 10.0 Å². The van der Waals surface area contributed by atoms with Crippen molar-refractivity contribution < 1.29 is 19.4 Å². The zero-order chi connectivity index (χ0) is 20.5. The molecule has 2 N–H and O–H groups in total. The van der Waals surface area contributed by atoms with Crippen LogP contribution in [-0.2, 0) is 4.79 Å². The number of carboxylic acid groups (broad SMARTS) is 1. The van der Waals surface area contributed by atoms with E-state index in [1.807, 2.05) is 47.5 Å². The summed E-state index contributed by atoms with van der Waals surface area (Å²) in [6.45, 7) is 0. The van der Waals surface area contributed by atoms with E-state index in [9.17, 15) is 9.90 Å². The molecule has 3 unspecified atom stereocenters. The van der Waals surface area contributed by atoms with Gasteiger partial charge >= 0.3 is 5.97 Å². The first-order valence-electron chi connectivity index (χ1n) is 9.03. The standard InChI is InChI=1S/C21H20BrN3O4/c1-28-16-9-8-13(10-17(16)29-2)15-11-14(21(26)27)23-20-18(22)19(24-25(15)20)12-6-4-3-5-7-12/h3-11,18-20,24H,1-2H3,(H,26,27). The summed E-state index contributed by atoms with van der Waals surface area (Å²) in [6, 6.07) is 15.4. The maximum atomic E-state index is 11.7. The van der Waals surface area contributed by atoms with Crippen molar-refractivity contribution in [1.29, 1.82) is 0 Å². The topological polar surface area (TPSA) is 83.4 Å². The molecule has 4 rings (SSSR count). The van der Waals surface area contributed by atoms with E-state index in [0.717, 1.165) is 11.1 Å². The van der Waals surface area contributed by atoms with Gasteiger partial charge in [-0.05, 0) is 29.8 Å². The van der Waals surface area contributed by atoms with Crippen molar-refractivity contribution in [3.63, 3.8) is 0 Å². The van der Waals surface area contributed by atoms with E-state index < -0.39 is 12.1 Å². The number of benzene rings is 2. The fraction of sp³-hybridized carbons (Fsp3) is 0.238. The monoisotopic (exact) mass is 457 g/mol. The lowest BCUT2D eigenvalue weighted by molar-refractivity contribution is -0.129. The van der Waals surface area contributed by atoms with Gasteiger partial charge in [0.15, 0.2) is 17.7 Å². The fourth-order valence-corrected chi connectivity index (χ4v) is 4.36. The average Bonchev–Trinajstić information content (AvgIpc) is 3.09. The highest BCUT2D eigenvalue weighted by Gasteiger charge is 2.44. The SMILES string of the molecule is COc1ccc(C2=CC(C(=O)O)=NC3C(Br)C(c4ccccc4)NN23)cc1OC. The summed E-state index contributed by atoms with van der Waals surface area (Å²) in [7, 11) is 3.14. The van der Waals surface area contributed by atoms with Gasteiger partial charge in [-0.25, -0.2) is 10.2 Å². The minimum absolute atomic E-state index is 0.0102. The van der Waals surface area contributed by atoms with Gasteiger partial charge in [-0.2, -0.15) is 0 Å². The van der Waals surface area contributed by atoms with E-state index in [1.54, 1.807) is 26.4 Å². The third kappa shape index (κ3) is 3.49. The van der Waals surface area contributed by atoms with Crippen molar-refractivity contribution in [3.8, 4) is 11.5 Å². The summed E-state index contributed by atoms with van der Waals surface area (Å²) in [5, 5.41) is 11.5. The second kappa shape index (κ2) is 7.88. The van der Waals surface area contributed by atoms with Gasteiger partial charge in [0.2, 0.25) is 0 Å². The lowest BCUT2D eigenvalue weighted by Gasteiger charge is -2.30. The number of aliphatic carboxylic acids is 1. The van der Waals surface area contributed by atoms with Crippen LogP contribution in [0.3, 0.4) is 0 Å². The smallest absolute Gasteiger partial charge is 0.354 e. The van der Waals surface area contributed by atoms with Gasteiger partial charge in [-0.1, -0.05) is 46.3 Å². The van der Waals surface area contributed by atoms with Gasteiger partial charge in [-0.15, -0.1) is 0 Å². The second-order valence-corrected chi connectivity index (χ2v) is 7.72. The zero-order valence-electron chi connectivity index (χ0n) is 15.9. The van der Waals surface area contributed by atoms with Crippen LogP contribution in [0.4, 0.5) is 0 Å². The predicted octanol–water partition coefficient (Wildman–Crippen LogP) is 3.24. The number of rotatable bonds is 5. The molecule has 0 aliphatic carbocycles. The maximum absolute atomic E-state index is 11.7. The number of alkyl halides is 1. The van der Waals surface area contributed by atoms with E-state index in [2.05, 4.69) is 26.3 Å². The molecule has 0 radical (unpaired) electrons. The molecule has 150 valence electrons. The Morgan fingerprint density at radius 3 is 2.52 bits per heavy atom. The Morgan fingerprint density at radius 2 is 1.86 bits per heavy atom. The molecule has 0 amide bonds. The lowest BCUT2D eigenvalue weighted by Crippen LogP contribution is -2.40. The Bertz CT molecular complexity index is 993. The van der Waals surface area contributed by atoms with E-state index in [1.165, 1.54) is 0 Å². The lowest BCUT2D eigenvalue weighted by atomic mass is 10.0. The van der Waals surface area contributed by atoms with Crippen LogP contribution >= 0.6 is 15.9 Å². The van der Waals surface area contributed by atoms with Crippen molar-refractivity contribution in [1.82, 2.24) is 10.4 Å². The van der Waals surface area contributed by atoms with Crippen LogP contribution in [0.5, 0.6) is 11.5 Å². The minimum atomic E-state index is -1.06. The van der Waals surface area contributed by atoms with Crippen LogP contribution in [0.25, 0.3) is 5.70 Å². The first-order valence-corrected chi connectivity index (χ1v) is 9.94. The van der Waals surface area contributed by atoms with Crippen LogP contribution in [-0.4, -0.2) is 47.0 Å². The van der Waals surface area contributed by atoms with Crippen molar-refractivity contribution >= 4 is 33.3 Å². The van der Waals surface area contributed by atoms with Gasteiger partial charge in [0.05, 0.1) is 30.8 Å². The molecule has 2 aromatic carbocycles. The average molecular weight is 458 g/mol. The summed E-state index contributed by atoms with van der Waals surface area (Å²) in [4.78, 5) is 16.1. The molecular weight excluding hydrogens is 438 g/mol. The van der Waals surface area contributed by atoms with Gasteiger partial charge in [0.1, 0.15) is 5.71 Å². The second-order valence-electron chi connectivity index (χ2n) is 6.66. The molecule has 0 aromatic heterocycles. The molecule has 3 atom stereocenters. The van der Waals surface area contributed by atoms with Crippen LogP contribution in [0.1, 0.15) is 17.2 Å². The first-order chi connectivity index (χ1) is 14.0. The van der Waals surface area contributed by atoms with Crippen molar-refractivity contribution in [2.24, 2.45) is 4.99 Å². The highest BCUT2D eigenvalue weighted by atomic mass is 79.9. The van der Waals surface area contributed by atoms with E-state index in [-0.39, 0.29) is 16.6 Å². The van der Waals surface area contributed by atoms with E-state index >= 15 is 0 Å². The van der Waals surface area contributed by atoms with Crippen LogP contribution in [0.2, 0.25) is 0 Å². The maximum Gasteiger partial charge on any atom is 0.354 e. The summed E-state index contributed by atoms with van der Waals surface area (Å²) in [5.41, 5.74) is 6.07. The number of halogens is 1. The number of aliphatic imine (C=N–C) groups is 1. The van der Waals surface area contributed by atoms with Crippen LogP contribution in [0.15, 0.2) is 59.6 Å². The molecule has 2 aromatic rings. The largest absolute Gasteiger partial charge is 0.493 e. The molecule has 29 heavy (non-hydrogen) atoms. The van der Waals surface area contributed by atoms with Crippen LogP contribution in [0, 0.1) is 0 Å². The molecule has 1 fully saturated rings. The number of fused-ring (bicyclic) bond motifs is 1. The Kier molecular flexibility index (Phi) is 5.29. The minimum Gasteiger partial charge on any atom is -0.493 e. The molecule has 7 nitrogen and oxygen atoms in total. The van der Waals surface area contributed by atoms with E-state index in [0.29, 0.717) is 17.2 Å². The Morgan fingerprint density at radius 1 is 1.14 bits per heavy atom. The number of nitrogens with zero attached hydrogens (tertiary/aromatic N) is 2. The number of nitrogens with one attached hydrogen (secondary N) is 1. The molecule has 0 saturated carbocycles. The predicted molar refractivity (Wildman–Crippen MR) is 113 cm³/mol. The molecule has 0 spiro atoms. The Balaban J connectivity index is 1.77. The van der Waals surface area contributed by atoms with Crippen molar-refractivity contribution in [3.05, 3.63) is 65.7 Å². The molecule has 2 heterocycles. The number of carboxylic acids is 1. The normalized spacial score (nSPS) is 23.1. The molecular formula is C21H20BrN3O4. The van der Waals surface area contributed by atoms with Crippen molar-refractivity contribution in [2.75, 3.05) is 14.2 Å². The number of ether oxygens (including phenoxy) is 2. The summed E-state index contributed by atoms with van der Waals surface area (Å²) >= 11 is 3.73. The Hall–Kier alpha value is -2.84. The third-order valence-electron chi connectivity index (χ3n) is 5.01. The summed E-state index contributed by atoms with van der Waals surface area (Å²) in [5.74, 6) is 0.104. The first kappa shape index (κ1) is 19.5. The van der Waals surface area contributed by atoms with Gasteiger partial charge in [0, 0.05) is 5.56 Å². The van der Waals surface area contributed by atoms with E-state index in [4.69, 9.17) is 9.47 Å². The number of hydrogen-bond donors (Lipinski definition) is 2. The third-order valence-corrected chi connectivity index (χ3v) is 6.01. The molecule has 2 aliphatic rings. The summed E-state index contributed by atoms with van der Waals surface area (Å²) in [6.07, 6.45) is 1.15. The molecule has 1 saturated heterocycles. The highest BCUT2D eigenvalue weighted by molar-refractivity contribution is 9.09. The zero-order valence-corrected chi connectivity index (χ0v) is 17.5.